The Morgan fingerprint density at radius 1 is 1.26 bits per heavy atom. The van der Waals surface area contributed by atoms with E-state index >= 15 is 0 Å². The Morgan fingerprint density at radius 2 is 1.95 bits per heavy atom. The van der Waals surface area contributed by atoms with Crippen molar-refractivity contribution in [2.45, 2.75) is 38.8 Å². The molecular formula is C16H25ClN2. The van der Waals surface area contributed by atoms with E-state index in [2.05, 4.69) is 43.2 Å². The van der Waals surface area contributed by atoms with E-state index in [-0.39, 0.29) is 0 Å². The normalized spacial score (nSPS) is 28.5. The van der Waals surface area contributed by atoms with Gasteiger partial charge in [0.2, 0.25) is 0 Å². The fraction of sp³-hybridized carbons (Fsp3) is 0.625. The summed E-state index contributed by atoms with van der Waals surface area (Å²) in [5.74, 6) is 0.728. The maximum absolute atomic E-state index is 5.90. The third-order valence-electron chi connectivity index (χ3n) is 4.34. The maximum Gasteiger partial charge on any atom is 0.0406 e. The monoisotopic (exact) mass is 280 g/mol. The second-order valence-corrected chi connectivity index (χ2v) is 6.38. The van der Waals surface area contributed by atoms with E-state index in [1.807, 2.05) is 12.1 Å². The predicted octanol–water partition coefficient (Wildman–Crippen LogP) is 3.20. The molecule has 1 saturated heterocycles. The fourth-order valence-corrected chi connectivity index (χ4v) is 3.00. The van der Waals surface area contributed by atoms with E-state index in [0.717, 1.165) is 23.9 Å². The van der Waals surface area contributed by atoms with Gasteiger partial charge in [-0.25, -0.2) is 0 Å². The highest BCUT2D eigenvalue weighted by molar-refractivity contribution is 6.30. The van der Waals surface area contributed by atoms with Crippen molar-refractivity contribution in [3.05, 3.63) is 34.9 Å². The van der Waals surface area contributed by atoms with Crippen molar-refractivity contribution < 1.29 is 0 Å². The first-order valence-electron chi connectivity index (χ1n) is 7.24. The lowest BCUT2D eigenvalue weighted by Gasteiger charge is -2.40. The van der Waals surface area contributed by atoms with Crippen molar-refractivity contribution in [1.29, 1.82) is 0 Å². The number of hydrogen-bond acceptors (Lipinski definition) is 2. The smallest absolute Gasteiger partial charge is 0.0406 e. The number of piperidine rings is 1. The van der Waals surface area contributed by atoms with Crippen LogP contribution in [0.15, 0.2) is 24.3 Å². The summed E-state index contributed by atoms with van der Waals surface area (Å²) in [6, 6.07) is 9.51. The molecule has 0 aromatic heterocycles. The Balaban J connectivity index is 1.77. The quantitative estimate of drug-likeness (QED) is 0.911. The van der Waals surface area contributed by atoms with E-state index in [1.54, 1.807) is 0 Å². The summed E-state index contributed by atoms with van der Waals surface area (Å²) in [5.41, 5.74) is 1.35. The summed E-state index contributed by atoms with van der Waals surface area (Å²) in [5, 5.41) is 4.54. The van der Waals surface area contributed by atoms with Gasteiger partial charge in [-0.05, 0) is 57.0 Å². The topological polar surface area (TPSA) is 15.3 Å². The molecule has 1 fully saturated rings. The van der Waals surface area contributed by atoms with Crippen molar-refractivity contribution in [2.24, 2.45) is 5.92 Å². The standard InChI is InChI=1S/C16H25ClN2/c1-12-11-19(3)13(2)10-16(12)18-9-8-14-4-6-15(17)7-5-14/h4-7,12-13,16,18H,8-11H2,1-3H3. The number of benzene rings is 1. The maximum atomic E-state index is 5.90. The van der Waals surface area contributed by atoms with Gasteiger partial charge in [0.1, 0.15) is 0 Å². The largest absolute Gasteiger partial charge is 0.313 e. The molecule has 3 atom stereocenters. The van der Waals surface area contributed by atoms with Crippen LogP contribution in [0.3, 0.4) is 0 Å². The number of halogens is 1. The van der Waals surface area contributed by atoms with Crippen LogP contribution in [0.4, 0.5) is 0 Å². The molecule has 0 radical (unpaired) electrons. The molecule has 3 heteroatoms. The predicted molar refractivity (Wildman–Crippen MR) is 82.8 cm³/mol. The average molecular weight is 281 g/mol. The summed E-state index contributed by atoms with van der Waals surface area (Å²) in [6.45, 7) is 6.91. The van der Waals surface area contributed by atoms with Crippen LogP contribution in [-0.4, -0.2) is 37.1 Å². The first-order valence-corrected chi connectivity index (χ1v) is 7.62. The highest BCUT2D eigenvalue weighted by atomic mass is 35.5. The minimum atomic E-state index is 0.651. The molecule has 0 spiro atoms. The van der Waals surface area contributed by atoms with Gasteiger partial charge in [0, 0.05) is 23.7 Å². The van der Waals surface area contributed by atoms with Crippen LogP contribution in [0.2, 0.25) is 5.02 Å². The summed E-state index contributed by atoms with van der Waals surface area (Å²) < 4.78 is 0. The van der Waals surface area contributed by atoms with Crippen LogP contribution in [-0.2, 0) is 6.42 Å². The van der Waals surface area contributed by atoms with Crippen molar-refractivity contribution in [1.82, 2.24) is 10.2 Å². The van der Waals surface area contributed by atoms with Crippen molar-refractivity contribution in [2.75, 3.05) is 20.1 Å². The van der Waals surface area contributed by atoms with Crippen molar-refractivity contribution in [3.8, 4) is 0 Å². The molecule has 1 heterocycles. The number of hydrogen-bond donors (Lipinski definition) is 1. The van der Waals surface area contributed by atoms with E-state index in [9.17, 15) is 0 Å². The van der Waals surface area contributed by atoms with E-state index in [4.69, 9.17) is 11.6 Å². The molecule has 1 aliphatic heterocycles. The minimum absolute atomic E-state index is 0.651. The molecule has 3 unspecified atom stereocenters. The van der Waals surface area contributed by atoms with Crippen LogP contribution in [0.1, 0.15) is 25.8 Å². The Labute approximate surface area is 122 Å². The molecule has 19 heavy (non-hydrogen) atoms. The van der Waals surface area contributed by atoms with Gasteiger partial charge in [0.25, 0.3) is 0 Å². The zero-order chi connectivity index (χ0) is 13.8. The summed E-state index contributed by atoms with van der Waals surface area (Å²) in [4.78, 5) is 2.46. The average Bonchev–Trinajstić information content (AvgIpc) is 2.38. The molecule has 0 saturated carbocycles. The number of rotatable bonds is 4. The highest BCUT2D eigenvalue weighted by Crippen LogP contribution is 2.20. The second-order valence-electron chi connectivity index (χ2n) is 5.94. The van der Waals surface area contributed by atoms with Crippen LogP contribution in [0.25, 0.3) is 0 Å². The SMILES string of the molecule is CC1CN(C)C(C)CC1NCCc1ccc(Cl)cc1. The number of likely N-dealkylation sites (tertiary alicyclic amines) is 1. The van der Waals surface area contributed by atoms with Gasteiger partial charge < -0.3 is 10.2 Å². The summed E-state index contributed by atoms with van der Waals surface area (Å²) in [6.07, 6.45) is 2.32. The van der Waals surface area contributed by atoms with Gasteiger partial charge in [-0.2, -0.15) is 0 Å². The zero-order valence-electron chi connectivity index (χ0n) is 12.2. The van der Waals surface area contributed by atoms with E-state index < -0.39 is 0 Å². The van der Waals surface area contributed by atoms with Crippen LogP contribution in [0, 0.1) is 5.92 Å². The molecule has 1 aliphatic rings. The highest BCUT2D eigenvalue weighted by Gasteiger charge is 2.28. The molecule has 0 amide bonds. The minimum Gasteiger partial charge on any atom is -0.313 e. The number of nitrogens with zero attached hydrogens (tertiary/aromatic N) is 1. The van der Waals surface area contributed by atoms with Crippen LogP contribution >= 0.6 is 11.6 Å². The Morgan fingerprint density at radius 3 is 2.63 bits per heavy atom. The molecule has 0 aliphatic carbocycles. The van der Waals surface area contributed by atoms with Gasteiger partial charge in [0.05, 0.1) is 0 Å². The van der Waals surface area contributed by atoms with Gasteiger partial charge in [0.15, 0.2) is 0 Å². The third kappa shape index (κ3) is 4.20. The van der Waals surface area contributed by atoms with Crippen LogP contribution in [0.5, 0.6) is 0 Å². The first-order chi connectivity index (χ1) is 9.06. The van der Waals surface area contributed by atoms with Crippen LogP contribution < -0.4 is 5.32 Å². The Bertz CT molecular complexity index is 390. The lowest BCUT2D eigenvalue weighted by atomic mass is 9.90. The first kappa shape index (κ1) is 14.8. The summed E-state index contributed by atoms with van der Waals surface area (Å²) >= 11 is 5.90. The Kier molecular flexibility index (Phi) is 5.26. The molecule has 1 aromatic carbocycles. The zero-order valence-corrected chi connectivity index (χ0v) is 13.0. The molecule has 2 rings (SSSR count). The third-order valence-corrected chi connectivity index (χ3v) is 4.60. The Hall–Kier alpha value is -0.570. The van der Waals surface area contributed by atoms with Gasteiger partial charge in [-0.1, -0.05) is 30.7 Å². The fourth-order valence-electron chi connectivity index (χ4n) is 2.88. The lowest BCUT2D eigenvalue weighted by molar-refractivity contribution is 0.122. The lowest BCUT2D eigenvalue weighted by Crippen LogP contribution is -2.51. The molecular weight excluding hydrogens is 256 g/mol. The van der Waals surface area contributed by atoms with Gasteiger partial charge >= 0.3 is 0 Å². The van der Waals surface area contributed by atoms with Crippen molar-refractivity contribution in [3.63, 3.8) is 0 Å². The molecule has 106 valence electrons. The van der Waals surface area contributed by atoms with Gasteiger partial charge in [-0.15, -0.1) is 0 Å². The van der Waals surface area contributed by atoms with Crippen molar-refractivity contribution >= 4 is 11.6 Å². The molecule has 1 N–H and O–H groups in total. The number of nitrogens with one attached hydrogen (secondary N) is 1. The van der Waals surface area contributed by atoms with Gasteiger partial charge in [-0.3, -0.25) is 0 Å². The van der Waals surface area contributed by atoms with E-state index in [0.29, 0.717) is 12.1 Å². The molecule has 1 aromatic rings. The molecule has 2 nitrogen and oxygen atoms in total. The summed E-state index contributed by atoms with van der Waals surface area (Å²) in [7, 11) is 2.23. The molecule has 0 bridgehead atoms. The second kappa shape index (κ2) is 6.74. The van der Waals surface area contributed by atoms with E-state index in [1.165, 1.54) is 18.5 Å².